The molecule has 1 aliphatic heterocycles. The fourth-order valence-electron chi connectivity index (χ4n) is 3.07. The van der Waals surface area contributed by atoms with Crippen molar-refractivity contribution in [3.8, 4) is 0 Å². The molecule has 0 bridgehead atoms. The second-order valence-electron chi connectivity index (χ2n) is 6.46. The number of carbonyl (C=O) groups is 1. The van der Waals surface area contributed by atoms with E-state index in [0.29, 0.717) is 24.8 Å². The summed E-state index contributed by atoms with van der Waals surface area (Å²) >= 11 is 0. The molecule has 2 aromatic rings. The lowest BCUT2D eigenvalue weighted by Gasteiger charge is -2.31. The molecule has 2 aromatic heterocycles. The molecule has 132 valence electrons. The van der Waals surface area contributed by atoms with Gasteiger partial charge in [-0.25, -0.2) is 0 Å². The molecule has 0 saturated carbocycles. The zero-order valence-corrected chi connectivity index (χ0v) is 14.4. The maximum absolute atomic E-state index is 12.0. The summed E-state index contributed by atoms with van der Waals surface area (Å²) in [7, 11) is 0. The molecule has 7 nitrogen and oxygen atoms in total. The number of piperidine rings is 1. The Morgan fingerprint density at radius 2 is 2.40 bits per heavy atom. The lowest BCUT2D eigenvalue weighted by Crippen LogP contribution is -2.40. The second-order valence-corrected chi connectivity index (χ2v) is 6.46. The third-order valence-electron chi connectivity index (χ3n) is 4.26. The van der Waals surface area contributed by atoms with Crippen molar-refractivity contribution >= 4 is 12.0 Å². The number of hydrogen-bond donors (Lipinski definition) is 1. The third-order valence-corrected chi connectivity index (χ3v) is 4.26. The Morgan fingerprint density at radius 3 is 3.20 bits per heavy atom. The molecule has 0 aromatic carbocycles. The predicted octanol–water partition coefficient (Wildman–Crippen LogP) is 1.81. The first kappa shape index (κ1) is 17.3. The summed E-state index contributed by atoms with van der Waals surface area (Å²) in [6.45, 7) is 5.31. The number of nitrogens with one attached hydrogen (secondary N) is 1. The van der Waals surface area contributed by atoms with Crippen molar-refractivity contribution in [2.75, 3.05) is 19.6 Å². The zero-order valence-electron chi connectivity index (χ0n) is 14.4. The van der Waals surface area contributed by atoms with E-state index in [2.05, 4.69) is 25.3 Å². The fraction of sp³-hybridized carbons (Fsp3) is 0.444. The summed E-state index contributed by atoms with van der Waals surface area (Å²) in [6.07, 6.45) is 10.5. The number of aryl methyl sites for hydroxylation is 1. The van der Waals surface area contributed by atoms with Crippen LogP contribution in [0.3, 0.4) is 0 Å². The number of aromatic nitrogens is 3. The average Bonchev–Trinajstić information content (AvgIpc) is 3.11. The number of hydrogen-bond acceptors (Lipinski definition) is 6. The fourth-order valence-corrected chi connectivity index (χ4v) is 3.07. The molecule has 3 rings (SSSR count). The molecule has 25 heavy (non-hydrogen) atoms. The summed E-state index contributed by atoms with van der Waals surface area (Å²) in [5.41, 5.74) is 2.01. The highest BCUT2D eigenvalue weighted by Crippen LogP contribution is 2.17. The van der Waals surface area contributed by atoms with Gasteiger partial charge in [-0.15, -0.1) is 0 Å². The molecule has 0 radical (unpaired) electrons. The van der Waals surface area contributed by atoms with E-state index >= 15 is 0 Å². The van der Waals surface area contributed by atoms with Crippen LogP contribution in [-0.2, 0) is 11.3 Å². The van der Waals surface area contributed by atoms with Crippen LogP contribution in [0.1, 0.15) is 29.8 Å². The van der Waals surface area contributed by atoms with Crippen LogP contribution < -0.4 is 5.32 Å². The number of nitrogens with zero attached hydrogens (tertiary/aromatic N) is 4. The minimum Gasteiger partial charge on any atom is -0.352 e. The van der Waals surface area contributed by atoms with E-state index in [4.69, 9.17) is 4.52 Å². The van der Waals surface area contributed by atoms with Crippen LogP contribution in [0.25, 0.3) is 6.08 Å². The molecule has 7 heteroatoms. The van der Waals surface area contributed by atoms with Gasteiger partial charge < -0.3 is 9.84 Å². The Balaban J connectivity index is 1.43. The van der Waals surface area contributed by atoms with E-state index in [1.165, 1.54) is 6.39 Å². The van der Waals surface area contributed by atoms with Gasteiger partial charge in [0.1, 0.15) is 0 Å². The van der Waals surface area contributed by atoms with Crippen LogP contribution >= 0.6 is 0 Å². The molecular formula is C18H23N5O2. The maximum Gasteiger partial charge on any atom is 0.244 e. The van der Waals surface area contributed by atoms with Gasteiger partial charge in [-0.2, -0.15) is 4.98 Å². The Morgan fingerprint density at radius 1 is 1.48 bits per heavy atom. The van der Waals surface area contributed by atoms with Crippen LogP contribution in [0.2, 0.25) is 0 Å². The number of carbonyl (C=O) groups excluding carboxylic acids is 1. The molecule has 1 aliphatic rings. The van der Waals surface area contributed by atoms with E-state index in [-0.39, 0.29) is 5.91 Å². The predicted molar refractivity (Wildman–Crippen MR) is 93.3 cm³/mol. The van der Waals surface area contributed by atoms with E-state index in [1.807, 2.05) is 13.0 Å². The second kappa shape index (κ2) is 8.53. The van der Waals surface area contributed by atoms with Gasteiger partial charge in [-0.3, -0.25) is 14.7 Å². The standard InChI is InChI=1S/C18H23N5O2/c1-14-7-15(9-19-8-14)4-5-18(24)20-10-16-3-2-6-23(11-16)12-17-21-13-25-22-17/h4-5,7-9,13,16H,2-3,6,10-12H2,1H3,(H,20,24)/b5-4+. The Hall–Kier alpha value is -2.54. The van der Waals surface area contributed by atoms with Crippen molar-refractivity contribution in [3.63, 3.8) is 0 Å². The van der Waals surface area contributed by atoms with Gasteiger partial charge in [-0.1, -0.05) is 5.16 Å². The van der Waals surface area contributed by atoms with Crippen LogP contribution in [0.15, 0.2) is 35.5 Å². The number of amides is 1. The van der Waals surface area contributed by atoms with Crippen LogP contribution in [0.5, 0.6) is 0 Å². The SMILES string of the molecule is Cc1cncc(/C=C/C(=O)NCC2CCCN(Cc3ncon3)C2)c1. The van der Waals surface area contributed by atoms with Crippen LogP contribution in [-0.4, -0.2) is 45.6 Å². The highest BCUT2D eigenvalue weighted by atomic mass is 16.5. The summed E-state index contributed by atoms with van der Waals surface area (Å²) in [4.78, 5) is 22.5. The highest BCUT2D eigenvalue weighted by molar-refractivity contribution is 5.91. The first-order valence-electron chi connectivity index (χ1n) is 8.54. The molecule has 1 amide bonds. The number of pyridine rings is 1. The summed E-state index contributed by atoms with van der Waals surface area (Å²) < 4.78 is 4.78. The Labute approximate surface area is 147 Å². The smallest absolute Gasteiger partial charge is 0.244 e. The zero-order chi connectivity index (χ0) is 17.5. The molecule has 0 spiro atoms. The number of rotatable bonds is 6. The molecule has 0 aliphatic carbocycles. The minimum atomic E-state index is -0.0724. The van der Waals surface area contributed by atoms with Crippen molar-refractivity contribution in [1.82, 2.24) is 25.3 Å². The van der Waals surface area contributed by atoms with Gasteiger partial charge >= 0.3 is 0 Å². The minimum absolute atomic E-state index is 0.0724. The van der Waals surface area contributed by atoms with Crippen molar-refractivity contribution in [2.45, 2.75) is 26.3 Å². The summed E-state index contributed by atoms with van der Waals surface area (Å²) in [6, 6.07) is 1.99. The van der Waals surface area contributed by atoms with Crippen molar-refractivity contribution < 1.29 is 9.32 Å². The van der Waals surface area contributed by atoms with Gasteiger partial charge in [0, 0.05) is 31.6 Å². The van der Waals surface area contributed by atoms with Crippen LogP contribution in [0, 0.1) is 12.8 Å². The summed E-state index contributed by atoms with van der Waals surface area (Å²) in [5.74, 6) is 1.08. The van der Waals surface area contributed by atoms with Gasteiger partial charge in [0.15, 0.2) is 5.82 Å². The van der Waals surface area contributed by atoms with Crippen molar-refractivity contribution in [3.05, 3.63) is 47.9 Å². The van der Waals surface area contributed by atoms with Crippen molar-refractivity contribution in [2.24, 2.45) is 5.92 Å². The van der Waals surface area contributed by atoms with Gasteiger partial charge in [0.05, 0.1) is 6.54 Å². The van der Waals surface area contributed by atoms with E-state index in [0.717, 1.165) is 37.1 Å². The summed E-state index contributed by atoms with van der Waals surface area (Å²) in [5, 5.41) is 6.85. The monoisotopic (exact) mass is 341 g/mol. The number of likely N-dealkylation sites (tertiary alicyclic amines) is 1. The third kappa shape index (κ3) is 5.49. The average molecular weight is 341 g/mol. The van der Waals surface area contributed by atoms with Gasteiger partial charge in [0.2, 0.25) is 12.3 Å². The lowest BCUT2D eigenvalue weighted by molar-refractivity contribution is -0.116. The quantitative estimate of drug-likeness (QED) is 0.807. The van der Waals surface area contributed by atoms with E-state index in [1.54, 1.807) is 24.5 Å². The molecule has 1 saturated heterocycles. The molecule has 1 fully saturated rings. The van der Waals surface area contributed by atoms with Crippen LogP contribution in [0.4, 0.5) is 0 Å². The van der Waals surface area contributed by atoms with E-state index in [9.17, 15) is 4.79 Å². The normalized spacial score (nSPS) is 18.5. The highest BCUT2D eigenvalue weighted by Gasteiger charge is 2.21. The first-order chi connectivity index (χ1) is 12.2. The topological polar surface area (TPSA) is 84.2 Å². The van der Waals surface area contributed by atoms with E-state index < -0.39 is 0 Å². The lowest BCUT2D eigenvalue weighted by atomic mass is 9.98. The molecule has 1 unspecified atom stereocenters. The molecular weight excluding hydrogens is 318 g/mol. The van der Waals surface area contributed by atoms with Crippen molar-refractivity contribution in [1.29, 1.82) is 0 Å². The first-order valence-corrected chi connectivity index (χ1v) is 8.54. The Bertz CT molecular complexity index is 714. The maximum atomic E-state index is 12.0. The van der Waals surface area contributed by atoms with Gasteiger partial charge in [0.25, 0.3) is 0 Å². The Kier molecular flexibility index (Phi) is 5.90. The molecule has 1 atom stereocenters. The largest absolute Gasteiger partial charge is 0.352 e. The van der Waals surface area contributed by atoms with Gasteiger partial charge in [-0.05, 0) is 55.5 Å². The molecule has 3 heterocycles. The molecule has 1 N–H and O–H groups in total.